The highest BCUT2D eigenvalue weighted by molar-refractivity contribution is 5.98. The highest BCUT2D eigenvalue weighted by Crippen LogP contribution is 2.15. The number of ether oxygens (including phenoxy) is 3. The summed E-state index contributed by atoms with van der Waals surface area (Å²) in [5, 5.41) is 2.34. The van der Waals surface area contributed by atoms with Crippen molar-refractivity contribution in [3.05, 3.63) is 71.8 Å². The van der Waals surface area contributed by atoms with Gasteiger partial charge in [-0.05, 0) is 30.5 Å². The second-order valence-electron chi connectivity index (χ2n) is 7.74. The van der Waals surface area contributed by atoms with E-state index in [4.69, 9.17) is 14.2 Å². The van der Waals surface area contributed by atoms with E-state index in [-0.39, 0.29) is 18.1 Å². The summed E-state index contributed by atoms with van der Waals surface area (Å²) < 4.78 is 15.4. The molecule has 0 radical (unpaired) electrons. The van der Waals surface area contributed by atoms with Gasteiger partial charge in [-0.15, -0.1) is 0 Å². The van der Waals surface area contributed by atoms with E-state index in [1.54, 1.807) is 42.5 Å². The monoisotopic (exact) mass is 469 g/mol. The molecule has 0 bridgehead atoms. The number of hydrogen-bond acceptors (Lipinski definition) is 7. The van der Waals surface area contributed by atoms with Gasteiger partial charge < -0.3 is 19.5 Å². The predicted octanol–water partition coefficient (Wildman–Crippen LogP) is 4.42. The number of alkyl carbamates (subject to hydrolysis) is 1. The summed E-state index contributed by atoms with van der Waals surface area (Å²) in [6, 6.07) is 15.5. The molecule has 34 heavy (non-hydrogen) atoms. The molecule has 0 aliphatic carbocycles. The van der Waals surface area contributed by atoms with E-state index >= 15 is 0 Å². The molecule has 182 valence electrons. The Bertz CT molecular complexity index is 925. The fourth-order valence-corrected chi connectivity index (χ4v) is 3.23. The lowest BCUT2D eigenvalue weighted by Crippen LogP contribution is -2.46. The van der Waals surface area contributed by atoms with Crippen LogP contribution in [0.15, 0.2) is 60.7 Å². The fourth-order valence-electron chi connectivity index (χ4n) is 3.23. The van der Waals surface area contributed by atoms with Gasteiger partial charge in [0.05, 0.1) is 11.5 Å². The number of hydrogen-bond donors (Lipinski definition) is 1. The van der Waals surface area contributed by atoms with Crippen molar-refractivity contribution in [3.8, 4) is 0 Å². The van der Waals surface area contributed by atoms with Crippen LogP contribution in [0.2, 0.25) is 0 Å². The van der Waals surface area contributed by atoms with Crippen LogP contribution >= 0.6 is 0 Å². The number of rotatable bonds is 12. The standard InChI is InChI=1S/C26H31NO7/c1-3-11-20(12-4-2)23(28)32-18-22(25(30)34-24(29)21-15-9-6-10-16-21)27-26(31)33-17-19-13-7-5-8-14-19/h5-10,13-16,20,22H,3-4,11-12,17-18H2,1-2H3,(H,27,31). The highest BCUT2D eigenvalue weighted by Gasteiger charge is 2.29. The first-order chi connectivity index (χ1) is 16.4. The van der Waals surface area contributed by atoms with Crippen LogP contribution in [0, 0.1) is 5.92 Å². The third-order valence-corrected chi connectivity index (χ3v) is 4.99. The van der Waals surface area contributed by atoms with Crippen molar-refractivity contribution in [1.29, 1.82) is 0 Å². The topological polar surface area (TPSA) is 108 Å². The Morgan fingerprint density at radius 1 is 0.794 bits per heavy atom. The Labute approximate surface area is 199 Å². The zero-order valence-electron chi connectivity index (χ0n) is 19.5. The van der Waals surface area contributed by atoms with E-state index in [0.29, 0.717) is 12.8 Å². The summed E-state index contributed by atoms with van der Waals surface area (Å²) in [5.74, 6) is -2.70. The largest absolute Gasteiger partial charge is 0.463 e. The summed E-state index contributed by atoms with van der Waals surface area (Å²) in [4.78, 5) is 49.8. The van der Waals surface area contributed by atoms with Crippen molar-refractivity contribution >= 4 is 24.0 Å². The molecule has 0 saturated heterocycles. The molecule has 0 fully saturated rings. The van der Waals surface area contributed by atoms with Crippen molar-refractivity contribution in [2.24, 2.45) is 5.92 Å². The Hall–Kier alpha value is -3.68. The van der Waals surface area contributed by atoms with Crippen molar-refractivity contribution in [3.63, 3.8) is 0 Å². The molecule has 0 aromatic heterocycles. The number of carbonyl (C=O) groups is 4. The summed E-state index contributed by atoms with van der Waals surface area (Å²) in [6.45, 7) is 3.43. The summed E-state index contributed by atoms with van der Waals surface area (Å²) in [6.07, 6.45) is 2.01. The van der Waals surface area contributed by atoms with Crippen molar-refractivity contribution < 1.29 is 33.4 Å². The first-order valence-electron chi connectivity index (χ1n) is 11.4. The molecule has 0 aliphatic rings. The third kappa shape index (κ3) is 9.05. The van der Waals surface area contributed by atoms with E-state index in [2.05, 4.69) is 5.32 Å². The van der Waals surface area contributed by atoms with Gasteiger partial charge in [-0.1, -0.05) is 75.2 Å². The van der Waals surface area contributed by atoms with E-state index < -0.39 is 36.6 Å². The van der Waals surface area contributed by atoms with Crippen LogP contribution in [0.3, 0.4) is 0 Å². The quantitative estimate of drug-likeness (QED) is 0.278. The van der Waals surface area contributed by atoms with Gasteiger partial charge in [0, 0.05) is 0 Å². The molecule has 8 heteroatoms. The van der Waals surface area contributed by atoms with Crippen molar-refractivity contribution in [2.75, 3.05) is 6.61 Å². The fraction of sp³-hybridized carbons (Fsp3) is 0.385. The maximum absolute atomic E-state index is 12.7. The lowest BCUT2D eigenvalue weighted by Gasteiger charge is -2.19. The second-order valence-corrected chi connectivity index (χ2v) is 7.74. The average Bonchev–Trinajstić information content (AvgIpc) is 2.86. The number of benzene rings is 2. The maximum atomic E-state index is 12.7. The lowest BCUT2D eigenvalue weighted by molar-refractivity contribution is -0.152. The van der Waals surface area contributed by atoms with Crippen LogP contribution in [-0.2, 0) is 30.4 Å². The SMILES string of the molecule is CCCC(CCC)C(=O)OCC(NC(=O)OCc1ccccc1)C(=O)OC(=O)c1ccccc1. The minimum atomic E-state index is -1.41. The number of carbonyl (C=O) groups excluding carboxylic acids is 4. The zero-order chi connectivity index (χ0) is 24.8. The third-order valence-electron chi connectivity index (χ3n) is 4.99. The van der Waals surface area contributed by atoms with Gasteiger partial charge in [-0.3, -0.25) is 4.79 Å². The summed E-state index contributed by atoms with van der Waals surface area (Å²) in [5.41, 5.74) is 0.925. The first kappa shape index (κ1) is 26.6. The predicted molar refractivity (Wildman–Crippen MR) is 125 cm³/mol. The number of esters is 3. The van der Waals surface area contributed by atoms with Crippen LogP contribution in [0.1, 0.15) is 55.5 Å². The number of nitrogens with one attached hydrogen (secondary N) is 1. The minimum absolute atomic E-state index is 0.0216. The van der Waals surface area contributed by atoms with Crippen molar-refractivity contribution in [1.82, 2.24) is 5.32 Å². The maximum Gasteiger partial charge on any atom is 0.408 e. The van der Waals surface area contributed by atoms with Gasteiger partial charge in [0.15, 0.2) is 6.04 Å². The van der Waals surface area contributed by atoms with E-state index in [9.17, 15) is 19.2 Å². The van der Waals surface area contributed by atoms with Gasteiger partial charge in [-0.25, -0.2) is 14.4 Å². The Kier molecular flexibility index (Phi) is 11.3. The molecule has 0 saturated carbocycles. The van der Waals surface area contributed by atoms with Gasteiger partial charge >= 0.3 is 24.0 Å². The zero-order valence-corrected chi connectivity index (χ0v) is 19.5. The normalized spacial score (nSPS) is 11.4. The molecule has 1 unspecified atom stereocenters. The number of amides is 1. The van der Waals surface area contributed by atoms with Gasteiger partial charge in [-0.2, -0.15) is 0 Å². The molecular weight excluding hydrogens is 438 g/mol. The minimum Gasteiger partial charge on any atom is -0.463 e. The molecule has 1 N–H and O–H groups in total. The Balaban J connectivity index is 2.03. The molecule has 0 heterocycles. The summed E-state index contributed by atoms with van der Waals surface area (Å²) >= 11 is 0. The van der Waals surface area contributed by atoms with Gasteiger partial charge in [0.2, 0.25) is 0 Å². The lowest BCUT2D eigenvalue weighted by atomic mass is 9.99. The van der Waals surface area contributed by atoms with Crippen LogP contribution < -0.4 is 5.32 Å². The molecule has 8 nitrogen and oxygen atoms in total. The second kappa shape index (κ2) is 14.5. The molecule has 2 rings (SSSR count). The summed E-state index contributed by atoms with van der Waals surface area (Å²) in [7, 11) is 0. The molecule has 2 aromatic rings. The van der Waals surface area contributed by atoms with Crippen molar-refractivity contribution in [2.45, 2.75) is 52.2 Å². The Morgan fingerprint density at radius 2 is 1.38 bits per heavy atom. The molecule has 0 aliphatic heterocycles. The van der Waals surface area contributed by atoms with E-state index in [1.165, 1.54) is 12.1 Å². The molecule has 2 aromatic carbocycles. The van der Waals surface area contributed by atoms with Crippen LogP contribution in [-0.4, -0.2) is 36.6 Å². The van der Waals surface area contributed by atoms with Crippen LogP contribution in [0.5, 0.6) is 0 Å². The average molecular weight is 470 g/mol. The first-order valence-corrected chi connectivity index (χ1v) is 11.4. The molecule has 1 atom stereocenters. The van der Waals surface area contributed by atoms with Crippen LogP contribution in [0.4, 0.5) is 4.79 Å². The smallest absolute Gasteiger partial charge is 0.408 e. The van der Waals surface area contributed by atoms with E-state index in [0.717, 1.165) is 18.4 Å². The van der Waals surface area contributed by atoms with Gasteiger partial charge in [0.25, 0.3) is 0 Å². The molecule has 0 spiro atoms. The molecule has 1 amide bonds. The van der Waals surface area contributed by atoms with E-state index in [1.807, 2.05) is 19.9 Å². The van der Waals surface area contributed by atoms with Gasteiger partial charge in [0.1, 0.15) is 13.2 Å². The Morgan fingerprint density at radius 3 is 1.97 bits per heavy atom. The van der Waals surface area contributed by atoms with Crippen LogP contribution in [0.25, 0.3) is 0 Å². The molecular formula is C26H31NO7. The highest BCUT2D eigenvalue weighted by atomic mass is 16.6.